The van der Waals surface area contributed by atoms with Crippen LogP contribution >= 0.6 is 11.6 Å². The van der Waals surface area contributed by atoms with Crippen LogP contribution in [0.4, 0.5) is 15.9 Å². The average Bonchev–Trinajstić information content (AvgIpc) is 2.80. The number of amides is 1. The number of ether oxygens (including phenoxy) is 1. The molecule has 4 rings (SSSR count). The summed E-state index contributed by atoms with van der Waals surface area (Å²) in [7, 11) is 1.85. The normalized spacial score (nSPS) is 12.5. The fourth-order valence-corrected chi connectivity index (χ4v) is 3.64. The summed E-state index contributed by atoms with van der Waals surface area (Å²) in [5, 5.41) is 9.51. The number of nitrogens with one attached hydrogen (secondary N) is 3. The molecule has 0 fully saturated rings. The second-order valence-electron chi connectivity index (χ2n) is 7.35. The zero-order chi connectivity index (χ0) is 22.5. The molecule has 1 aromatic carbocycles. The van der Waals surface area contributed by atoms with Crippen LogP contribution in [0.5, 0.6) is 5.75 Å². The molecule has 1 amide bonds. The molecule has 1 aliphatic rings. The summed E-state index contributed by atoms with van der Waals surface area (Å²) in [6.07, 6.45) is 4.40. The number of pyridine rings is 2. The third-order valence-corrected chi connectivity index (χ3v) is 5.22. The van der Waals surface area contributed by atoms with E-state index in [1.807, 2.05) is 13.1 Å². The van der Waals surface area contributed by atoms with Crippen LogP contribution in [0.2, 0.25) is 5.02 Å². The van der Waals surface area contributed by atoms with Gasteiger partial charge in [0, 0.05) is 34.3 Å². The predicted molar refractivity (Wildman–Crippen MR) is 124 cm³/mol. The van der Waals surface area contributed by atoms with Crippen molar-refractivity contribution in [3.8, 4) is 28.1 Å². The van der Waals surface area contributed by atoms with Crippen LogP contribution in [0.3, 0.4) is 0 Å². The first kappa shape index (κ1) is 22.0. The minimum absolute atomic E-state index is 0.0874. The Bertz CT molecular complexity index is 1140. The maximum atomic E-state index is 14.5. The Labute approximate surface area is 190 Å². The molecule has 9 heteroatoms. The van der Waals surface area contributed by atoms with Crippen molar-refractivity contribution in [2.45, 2.75) is 12.8 Å². The van der Waals surface area contributed by atoms with Crippen molar-refractivity contribution in [2.75, 3.05) is 37.4 Å². The molecule has 166 valence electrons. The van der Waals surface area contributed by atoms with E-state index in [-0.39, 0.29) is 11.5 Å². The molecule has 0 spiro atoms. The number of nitrogens with zero attached hydrogens (tertiary/aromatic N) is 2. The first-order valence-corrected chi connectivity index (χ1v) is 10.7. The number of fused-ring (bicyclic) bond motifs is 1. The van der Waals surface area contributed by atoms with Gasteiger partial charge in [-0.15, -0.1) is 0 Å². The molecule has 0 aliphatic carbocycles. The average molecular weight is 456 g/mol. The Hall–Kier alpha value is -3.23. The number of benzene rings is 1. The van der Waals surface area contributed by atoms with Gasteiger partial charge in [-0.05, 0) is 50.3 Å². The van der Waals surface area contributed by atoms with E-state index in [0.717, 1.165) is 13.0 Å². The molecule has 0 radical (unpaired) electrons. The Morgan fingerprint density at radius 2 is 2.12 bits per heavy atom. The summed E-state index contributed by atoms with van der Waals surface area (Å²) in [4.78, 5) is 21.0. The quantitative estimate of drug-likeness (QED) is 0.459. The van der Waals surface area contributed by atoms with Crippen molar-refractivity contribution in [3.05, 3.63) is 53.6 Å². The van der Waals surface area contributed by atoms with E-state index in [0.29, 0.717) is 58.7 Å². The lowest BCUT2D eigenvalue weighted by atomic mass is 10.0. The lowest BCUT2D eigenvalue weighted by Gasteiger charge is -2.22. The van der Waals surface area contributed by atoms with Crippen LogP contribution in [-0.2, 0) is 4.79 Å². The number of anilines is 2. The van der Waals surface area contributed by atoms with Crippen molar-refractivity contribution >= 4 is 29.0 Å². The van der Waals surface area contributed by atoms with Gasteiger partial charge in [0.05, 0.1) is 24.1 Å². The fourth-order valence-electron chi connectivity index (χ4n) is 3.47. The summed E-state index contributed by atoms with van der Waals surface area (Å²) in [5.41, 5.74) is 2.68. The molecule has 0 atom stereocenters. The van der Waals surface area contributed by atoms with Gasteiger partial charge in [-0.25, -0.2) is 9.37 Å². The molecule has 0 bridgehead atoms. The second-order valence-corrected chi connectivity index (χ2v) is 7.79. The zero-order valence-corrected chi connectivity index (χ0v) is 18.3. The third-order valence-electron chi connectivity index (χ3n) is 4.98. The fraction of sp³-hybridized carbons (Fsp3) is 0.261. The second kappa shape index (κ2) is 9.93. The van der Waals surface area contributed by atoms with Gasteiger partial charge in [-0.2, -0.15) is 0 Å². The van der Waals surface area contributed by atoms with Crippen molar-refractivity contribution in [3.63, 3.8) is 0 Å². The Balaban J connectivity index is 1.71. The molecular weight excluding hydrogens is 433 g/mol. The number of rotatable bonds is 7. The smallest absolute Gasteiger partial charge is 0.224 e. The zero-order valence-electron chi connectivity index (χ0n) is 17.5. The minimum Gasteiger partial charge on any atom is -0.487 e. The Morgan fingerprint density at radius 3 is 2.97 bits per heavy atom. The highest BCUT2D eigenvalue weighted by Gasteiger charge is 2.21. The van der Waals surface area contributed by atoms with Gasteiger partial charge < -0.3 is 20.7 Å². The number of carbonyl (C=O) groups is 1. The number of carbonyl (C=O) groups excluding carboxylic acids is 1. The van der Waals surface area contributed by atoms with Crippen molar-refractivity contribution < 1.29 is 13.9 Å². The van der Waals surface area contributed by atoms with E-state index in [2.05, 4.69) is 25.9 Å². The highest BCUT2D eigenvalue weighted by Crippen LogP contribution is 2.41. The first-order valence-electron chi connectivity index (χ1n) is 10.3. The maximum absolute atomic E-state index is 14.5. The topological polar surface area (TPSA) is 88.2 Å². The largest absolute Gasteiger partial charge is 0.487 e. The summed E-state index contributed by atoms with van der Waals surface area (Å²) in [6.45, 7) is 1.83. The van der Waals surface area contributed by atoms with Crippen molar-refractivity contribution in [1.82, 2.24) is 15.3 Å². The van der Waals surface area contributed by atoms with E-state index >= 15 is 0 Å². The number of hydrogen-bond donors (Lipinski definition) is 3. The minimum atomic E-state index is -0.426. The van der Waals surface area contributed by atoms with Gasteiger partial charge in [-0.3, -0.25) is 9.78 Å². The van der Waals surface area contributed by atoms with Crippen LogP contribution in [0, 0.1) is 5.82 Å². The molecular formula is C23H23ClFN5O2. The van der Waals surface area contributed by atoms with Crippen LogP contribution in [-0.4, -0.2) is 42.6 Å². The first-order chi connectivity index (χ1) is 15.5. The summed E-state index contributed by atoms with van der Waals surface area (Å²) >= 11 is 6.09. The molecule has 32 heavy (non-hydrogen) atoms. The van der Waals surface area contributed by atoms with Gasteiger partial charge in [0.1, 0.15) is 12.4 Å². The highest BCUT2D eigenvalue weighted by molar-refractivity contribution is 6.30. The molecule has 1 aliphatic heterocycles. The standard InChI is InChI=1S/C23H23ClFN5O2/c1-26-6-2-3-21(31)29-16-9-14(12-27-13-16)17-11-20(18-10-15(24)4-5-19(18)25)30-23-22(17)32-8-7-28-23/h4-5,9-13,26H,2-3,6-8H2,1H3,(H,28,30)(H,29,31). The van der Waals surface area contributed by atoms with E-state index in [1.165, 1.54) is 12.1 Å². The lowest BCUT2D eigenvalue weighted by molar-refractivity contribution is -0.116. The van der Waals surface area contributed by atoms with E-state index in [4.69, 9.17) is 16.3 Å². The number of hydrogen-bond acceptors (Lipinski definition) is 6. The van der Waals surface area contributed by atoms with Gasteiger partial charge in [-0.1, -0.05) is 11.6 Å². The summed E-state index contributed by atoms with van der Waals surface area (Å²) < 4.78 is 20.4. The van der Waals surface area contributed by atoms with Crippen LogP contribution in [0.15, 0.2) is 42.7 Å². The molecule has 3 heterocycles. The monoisotopic (exact) mass is 455 g/mol. The molecule has 3 N–H and O–H groups in total. The Morgan fingerprint density at radius 1 is 1.25 bits per heavy atom. The lowest BCUT2D eigenvalue weighted by Crippen LogP contribution is -2.20. The van der Waals surface area contributed by atoms with Gasteiger partial charge >= 0.3 is 0 Å². The predicted octanol–water partition coefficient (Wildman–Crippen LogP) is 4.35. The molecule has 2 aromatic heterocycles. The maximum Gasteiger partial charge on any atom is 0.224 e. The van der Waals surface area contributed by atoms with Crippen LogP contribution < -0.4 is 20.7 Å². The molecule has 0 unspecified atom stereocenters. The summed E-state index contributed by atoms with van der Waals surface area (Å²) in [5.74, 6) is 0.562. The highest BCUT2D eigenvalue weighted by atomic mass is 35.5. The molecule has 3 aromatic rings. The molecule has 7 nitrogen and oxygen atoms in total. The SMILES string of the molecule is CNCCCC(=O)Nc1cncc(-c2cc(-c3cc(Cl)ccc3F)nc3c2OCCN3)c1. The number of halogens is 2. The van der Waals surface area contributed by atoms with E-state index in [9.17, 15) is 9.18 Å². The molecule has 0 saturated carbocycles. The van der Waals surface area contributed by atoms with Crippen LogP contribution in [0.1, 0.15) is 12.8 Å². The van der Waals surface area contributed by atoms with Crippen LogP contribution in [0.25, 0.3) is 22.4 Å². The van der Waals surface area contributed by atoms with Gasteiger partial charge in [0.2, 0.25) is 5.91 Å². The van der Waals surface area contributed by atoms with Crippen molar-refractivity contribution in [2.24, 2.45) is 0 Å². The summed E-state index contributed by atoms with van der Waals surface area (Å²) in [6, 6.07) is 7.91. The Kier molecular flexibility index (Phi) is 6.82. The molecule has 0 saturated heterocycles. The third kappa shape index (κ3) is 4.98. The van der Waals surface area contributed by atoms with E-state index < -0.39 is 5.82 Å². The van der Waals surface area contributed by atoms with Gasteiger partial charge in [0.25, 0.3) is 0 Å². The number of aromatic nitrogens is 2. The van der Waals surface area contributed by atoms with Crippen molar-refractivity contribution in [1.29, 1.82) is 0 Å². The van der Waals surface area contributed by atoms with E-state index in [1.54, 1.807) is 24.5 Å². The van der Waals surface area contributed by atoms with Gasteiger partial charge in [0.15, 0.2) is 11.6 Å².